The molecule has 1 aromatic rings. The van der Waals surface area contributed by atoms with E-state index >= 15 is 0 Å². The molecule has 0 aromatic heterocycles. The zero-order valence-electron chi connectivity index (χ0n) is 12.2. The fraction of sp³-hybridized carbons (Fsp3) is 0.429. The number of urea groups is 1. The molecule has 1 aromatic carbocycles. The Labute approximate surface area is 128 Å². The smallest absolute Gasteiger partial charge is 0.329 e. The van der Waals surface area contributed by atoms with Gasteiger partial charge in [-0.15, -0.1) is 0 Å². The van der Waals surface area contributed by atoms with Crippen LogP contribution in [0.5, 0.6) is 5.75 Å². The first-order valence-electron chi connectivity index (χ1n) is 6.48. The number of carboxylic acid groups (broad SMARTS) is 1. The second kappa shape index (κ2) is 7.17. The van der Waals surface area contributed by atoms with Crippen molar-refractivity contribution < 1.29 is 19.4 Å². The molecule has 0 saturated heterocycles. The topological polar surface area (TPSA) is 87.7 Å². The number of carboxylic acids is 1. The highest BCUT2D eigenvalue weighted by molar-refractivity contribution is 6.32. The first kappa shape index (κ1) is 17.1. The van der Waals surface area contributed by atoms with Crippen LogP contribution in [0.25, 0.3) is 0 Å². The molecule has 0 spiro atoms. The van der Waals surface area contributed by atoms with Crippen LogP contribution in [0.3, 0.4) is 0 Å². The van der Waals surface area contributed by atoms with Gasteiger partial charge in [-0.05, 0) is 25.5 Å². The summed E-state index contributed by atoms with van der Waals surface area (Å²) in [6.45, 7) is 3.33. The van der Waals surface area contributed by atoms with Gasteiger partial charge in [0.05, 0.1) is 12.1 Å². The molecule has 21 heavy (non-hydrogen) atoms. The van der Waals surface area contributed by atoms with Crippen LogP contribution in [0.2, 0.25) is 5.02 Å². The fourth-order valence-corrected chi connectivity index (χ4v) is 2.07. The van der Waals surface area contributed by atoms with E-state index in [2.05, 4.69) is 10.6 Å². The Bertz CT molecular complexity index is 536. The van der Waals surface area contributed by atoms with E-state index in [-0.39, 0.29) is 0 Å². The maximum Gasteiger partial charge on any atom is 0.329 e. The van der Waals surface area contributed by atoms with E-state index in [1.165, 1.54) is 14.0 Å². The lowest BCUT2D eigenvalue weighted by atomic mass is 9.97. The molecular weight excluding hydrogens is 296 g/mol. The molecule has 0 bridgehead atoms. The van der Waals surface area contributed by atoms with E-state index in [1.54, 1.807) is 18.2 Å². The van der Waals surface area contributed by atoms with Crippen LogP contribution in [-0.2, 0) is 4.79 Å². The van der Waals surface area contributed by atoms with Gasteiger partial charge in [-0.1, -0.05) is 24.9 Å². The third kappa shape index (κ3) is 4.53. The zero-order chi connectivity index (χ0) is 16.0. The van der Waals surface area contributed by atoms with Gasteiger partial charge in [-0.25, -0.2) is 9.59 Å². The number of nitrogens with one attached hydrogen (secondary N) is 2. The van der Waals surface area contributed by atoms with Crippen molar-refractivity contribution in [1.82, 2.24) is 5.32 Å². The Kier molecular flexibility index (Phi) is 5.84. The van der Waals surface area contributed by atoms with Crippen LogP contribution in [0.15, 0.2) is 18.2 Å². The maximum absolute atomic E-state index is 11.9. The van der Waals surface area contributed by atoms with Gasteiger partial charge >= 0.3 is 12.0 Å². The second-order valence-corrected chi connectivity index (χ2v) is 5.22. The van der Waals surface area contributed by atoms with Gasteiger partial charge in [0, 0.05) is 11.8 Å². The van der Waals surface area contributed by atoms with Crippen LogP contribution in [0, 0.1) is 0 Å². The number of carbonyl (C=O) groups excluding carboxylic acids is 1. The normalized spacial score (nSPS) is 13.1. The molecule has 0 heterocycles. The minimum absolute atomic E-state index is 0.333. The van der Waals surface area contributed by atoms with Crippen molar-refractivity contribution in [3.63, 3.8) is 0 Å². The lowest BCUT2D eigenvalue weighted by Gasteiger charge is -2.25. The summed E-state index contributed by atoms with van der Waals surface area (Å²) in [5.74, 6) is -0.655. The number of amides is 2. The number of methoxy groups -OCH3 is 1. The molecule has 0 aliphatic heterocycles. The number of hydrogen-bond acceptors (Lipinski definition) is 3. The SMILES string of the molecule is CCCC(C)(NC(=O)Nc1ccc(Cl)c(OC)c1)C(=O)O. The first-order chi connectivity index (χ1) is 9.82. The number of rotatable bonds is 6. The summed E-state index contributed by atoms with van der Waals surface area (Å²) in [6, 6.07) is 4.14. The molecule has 6 nitrogen and oxygen atoms in total. The third-order valence-electron chi connectivity index (χ3n) is 3.02. The lowest BCUT2D eigenvalue weighted by Crippen LogP contribution is -2.53. The van der Waals surface area contributed by atoms with Crippen molar-refractivity contribution in [2.75, 3.05) is 12.4 Å². The summed E-state index contributed by atoms with van der Waals surface area (Å²) < 4.78 is 5.05. The van der Waals surface area contributed by atoms with Crippen molar-refractivity contribution in [3.8, 4) is 5.75 Å². The number of hydrogen-bond donors (Lipinski definition) is 3. The highest BCUT2D eigenvalue weighted by atomic mass is 35.5. The Hall–Kier alpha value is -1.95. The summed E-state index contributed by atoms with van der Waals surface area (Å²) in [7, 11) is 1.47. The van der Waals surface area contributed by atoms with Crippen LogP contribution >= 0.6 is 11.6 Å². The molecule has 2 amide bonds. The minimum Gasteiger partial charge on any atom is -0.495 e. The standard InChI is InChI=1S/C14H19ClN2O4/c1-4-7-14(2,12(18)19)17-13(20)16-9-5-6-10(15)11(8-9)21-3/h5-6,8H,4,7H2,1-3H3,(H,18,19)(H2,16,17,20). The van der Waals surface area contributed by atoms with E-state index in [4.69, 9.17) is 16.3 Å². The van der Waals surface area contributed by atoms with Crippen molar-refractivity contribution in [2.45, 2.75) is 32.2 Å². The largest absolute Gasteiger partial charge is 0.495 e. The molecule has 1 atom stereocenters. The van der Waals surface area contributed by atoms with E-state index in [0.29, 0.717) is 29.3 Å². The minimum atomic E-state index is -1.31. The second-order valence-electron chi connectivity index (χ2n) is 4.82. The Morgan fingerprint density at radius 3 is 2.62 bits per heavy atom. The molecule has 0 radical (unpaired) electrons. The number of anilines is 1. The molecule has 3 N–H and O–H groups in total. The van der Waals surface area contributed by atoms with Gasteiger partial charge in [0.2, 0.25) is 0 Å². The molecule has 7 heteroatoms. The third-order valence-corrected chi connectivity index (χ3v) is 3.33. The molecule has 1 rings (SSSR count). The average Bonchev–Trinajstić information content (AvgIpc) is 2.40. The molecule has 0 aliphatic carbocycles. The highest BCUT2D eigenvalue weighted by Crippen LogP contribution is 2.27. The molecular formula is C14H19ClN2O4. The number of carbonyl (C=O) groups is 2. The maximum atomic E-state index is 11.9. The molecule has 1 unspecified atom stereocenters. The Morgan fingerprint density at radius 1 is 1.43 bits per heavy atom. The molecule has 0 saturated carbocycles. The van der Waals surface area contributed by atoms with E-state index in [0.717, 1.165) is 0 Å². The van der Waals surface area contributed by atoms with Gasteiger partial charge in [0.15, 0.2) is 0 Å². The van der Waals surface area contributed by atoms with Crippen LogP contribution in [0.4, 0.5) is 10.5 Å². The zero-order valence-corrected chi connectivity index (χ0v) is 13.0. The molecule has 0 fully saturated rings. The predicted molar refractivity (Wildman–Crippen MR) is 81.1 cm³/mol. The fourth-order valence-electron chi connectivity index (χ4n) is 1.87. The van der Waals surface area contributed by atoms with Gasteiger partial charge < -0.3 is 20.5 Å². The highest BCUT2D eigenvalue weighted by Gasteiger charge is 2.33. The Morgan fingerprint density at radius 2 is 2.10 bits per heavy atom. The van der Waals surface area contributed by atoms with Crippen LogP contribution < -0.4 is 15.4 Å². The number of ether oxygens (including phenoxy) is 1. The van der Waals surface area contributed by atoms with Gasteiger partial charge in [-0.2, -0.15) is 0 Å². The van der Waals surface area contributed by atoms with Crippen LogP contribution in [-0.4, -0.2) is 29.8 Å². The summed E-state index contributed by atoms with van der Waals surface area (Å²) in [6.07, 6.45) is 0.970. The molecule has 116 valence electrons. The van der Waals surface area contributed by atoms with Crippen molar-refractivity contribution in [2.24, 2.45) is 0 Å². The Balaban J connectivity index is 2.79. The van der Waals surface area contributed by atoms with Gasteiger partial charge in [0.1, 0.15) is 11.3 Å². The summed E-state index contributed by atoms with van der Waals surface area (Å²) in [5, 5.41) is 14.7. The summed E-state index contributed by atoms with van der Waals surface area (Å²) in [5.41, 5.74) is -0.854. The molecule has 0 aliphatic rings. The van der Waals surface area contributed by atoms with Gasteiger partial charge in [-0.3, -0.25) is 0 Å². The van der Waals surface area contributed by atoms with E-state index in [9.17, 15) is 14.7 Å². The van der Waals surface area contributed by atoms with E-state index < -0.39 is 17.5 Å². The monoisotopic (exact) mass is 314 g/mol. The summed E-state index contributed by atoms with van der Waals surface area (Å²) >= 11 is 5.89. The number of benzene rings is 1. The summed E-state index contributed by atoms with van der Waals surface area (Å²) in [4.78, 5) is 23.2. The predicted octanol–water partition coefficient (Wildman–Crippen LogP) is 3.11. The van der Waals surface area contributed by atoms with Crippen molar-refractivity contribution >= 4 is 29.3 Å². The van der Waals surface area contributed by atoms with Crippen LogP contribution in [0.1, 0.15) is 26.7 Å². The number of aliphatic carboxylic acids is 1. The van der Waals surface area contributed by atoms with Gasteiger partial charge in [0.25, 0.3) is 0 Å². The lowest BCUT2D eigenvalue weighted by molar-refractivity contribution is -0.143. The van der Waals surface area contributed by atoms with Crippen molar-refractivity contribution in [1.29, 1.82) is 0 Å². The quantitative estimate of drug-likeness (QED) is 0.753. The van der Waals surface area contributed by atoms with E-state index in [1.807, 2.05) is 6.92 Å². The first-order valence-corrected chi connectivity index (χ1v) is 6.86. The van der Waals surface area contributed by atoms with Crippen molar-refractivity contribution in [3.05, 3.63) is 23.2 Å². The number of halogens is 1. The average molecular weight is 315 g/mol.